The molecule has 0 aromatic heterocycles. The maximum Gasteiger partial charge on any atom is 0.265 e. The average molecular weight is 404 g/mol. The fraction of sp³-hybridized carbons (Fsp3) is 0.294. The number of anilines is 1. The summed E-state index contributed by atoms with van der Waals surface area (Å²) in [6, 6.07) is 7.57. The molecule has 8 heteroatoms. The summed E-state index contributed by atoms with van der Waals surface area (Å²) in [6.45, 7) is 6.20. The monoisotopic (exact) mass is 403 g/mol. The van der Waals surface area contributed by atoms with E-state index in [1.54, 1.807) is 13.0 Å². The summed E-state index contributed by atoms with van der Waals surface area (Å²) in [5.41, 5.74) is 1.05. The van der Waals surface area contributed by atoms with E-state index in [4.69, 9.17) is 32.7 Å². The van der Waals surface area contributed by atoms with E-state index in [-0.39, 0.29) is 16.3 Å². The van der Waals surface area contributed by atoms with Crippen LogP contribution in [0.15, 0.2) is 35.2 Å². The first kappa shape index (κ1) is 19.7. The van der Waals surface area contributed by atoms with Gasteiger partial charge in [0.15, 0.2) is 0 Å². The maximum atomic E-state index is 12.9. The molecule has 0 fully saturated rings. The van der Waals surface area contributed by atoms with Crippen molar-refractivity contribution in [2.45, 2.75) is 25.7 Å². The number of nitrogens with one attached hydrogen (secondary N) is 1. The van der Waals surface area contributed by atoms with Gasteiger partial charge in [0.2, 0.25) is 0 Å². The van der Waals surface area contributed by atoms with Crippen molar-refractivity contribution in [1.29, 1.82) is 0 Å². The Morgan fingerprint density at radius 2 is 1.48 bits per heavy atom. The quantitative estimate of drug-likeness (QED) is 0.713. The summed E-state index contributed by atoms with van der Waals surface area (Å²) in [4.78, 5) is -0.0144. The van der Waals surface area contributed by atoms with Crippen molar-refractivity contribution in [2.75, 3.05) is 17.9 Å². The van der Waals surface area contributed by atoms with Crippen LogP contribution >= 0.6 is 23.2 Å². The van der Waals surface area contributed by atoms with Crippen LogP contribution in [-0.2, 0) is 10.0 Å². The highest BCUT2D eigenvalue weighted by Gasteiger charge is 2.23. The molecule has 2 rings (SSSR count). The number of halogens is 2. The van der Waals surface area contributed by atoms with Gasteiger partial charge in [0.05, 0.1) is 18.9 Å². The zero-order valence-corrected chi connectivity index (χ0v) is 16.4. The summed E-state index contributed by atoms with van der Waals surface area (Å²) < 4.78 is 39.2. The van der Waals surface area contributed by atoms with Crippen LogP contribution in [0.2, 0.25) is 10.0 Å². The minimum Gasteiger partial charge on any atom is -0.494 e. The molecular formula is C17H19Cl2NO4S. The van der Waals surface area contributed by atoms with Crippen molar-refractivity contribution < 1.29 is 17.9 Å². The molecular weight excluding hydrogens is 385 g/mol. The fourth-order valence-corrected chi connectivity index (χ4v) is 3.96. The van der Waals surface area contributed by atoms with Crippen molar-refractivity contribution >= 4 is 38.9 Å². The van der Waals surface area contributed by atoms with E-state index in [9.17, 15) is 8.42 Å². The van der Waals surface area contributed by atoms with Crippen LogP contribution in [0.1, 0.15) is 19.4 Å². The van der Waals surface area contributed by atoms with Crippen LogP contribution in [0.4, 0.5) is 5.69 Å². The second kappa shape index (κ2) is 8.17. The molecule has 0 unspecified atom stereocenters. The topological polar surface area (TPSA) is 64.6 Å². The first-order valence-electron chi connectivity index (χ1n) is 7.66. The Morgan fingerprint density at radius 3 is 2.04 bits per heavy atom. The van der Waals surface area contributed by atoms with Gasteiger partial charge in [-0.2, -0.15) is 0 Å². The van der Waals surface area contributed by atoms with Gasteiger partial charge < -0.3 is 9.47 Å². The molecule has 0 heterocycles. The molecule has 0 amide bonds. The lowest BCUT2D eigenvalue weighted by Gasteiger charge is -2.16. The Morgan fingerprint density at radius 1 is 0.920 bits per heavy atom. The molecule has 0 atom stereocenters. The molecule has 2 aromatic carbocycles. The molecule has 2 aromatic rings. The zero-order valence-electron chi connectivity index (χ0n) is 14.1. The predicted molar refractivity (Wildman–Crippen MR) is 101 cm³/mol. The van der Waals surface area contributed by atoms with Crippen LogP contribution in [0, 0.1) is 6.92 Å². The Kier molecular flexibility index (Phi) is 6.43. The Bertz CT molecular complexity index is 849. The van der Waals surface area contributed by atoms with Crippen molar-refractivity contribution in [3.05, 3.63) is 45.9 Å². The number of hydrogen-bond donors (Lipinski definition) is 1. The molecule has 0 radical (unpaired) electrons. The lowest BCUT2D eigenvalue weighted by molar-refractivity contribution is 0.321. The van der Waals surface area contributed by atoms with Crippen molar-refractivity contribution in [3.8, 4) is 11.5 Å². The first-order valence-corrected chi connectivity index (χ1v) is 9.90. The van der Waals surface area contributed by atoms with Gasteiger partial charge in [-0.25, -0.2) is 8.42 Å². The Balaban J connectivity index is 2.50. The third-order valence-corrected chi connectivity index (χ3v) is 5.08. The molecule has 5 nitrogen and oxygen atoms in total. The van der Waals surface area contributed by atoms with Crippen molar-refractivity contribution in [3.63, 3.8) is 0 Å². The second-order valence-electron chi connectivity index (χ2n) is 5.19. The smallest absolute Gasteiger partial charge is 0.265 e. The molecule has 0 spiro atoms. The number of hydrogen-bond acceptors (Lipinski definition) is 4. The standard InChI is InChI=1S/C17H19Cl2NO4S/c1-4-23-15-10-17(16(24-5-2)6-11(15)3)25(21,22)20-14-8-12(18)7-13(19)9-14/h6-10,20H,4-5H2,1-3H3. The van der Waals surface area contributed by atoms with Gasteiger partial charge in [0, 0.05) is 16.1 Å². The molecule has 136 valence electrons. The summed E-state index contributed by atoms with van der Waals surface area (Å²) in [7, 11) is -3.93. The number of rotatable bonds is 7. The summed E-state index contributed by atoms with van der Waals surface area (Å²) >= 11 is 11.9. The molecule has 0 saturated carbocycles. The molecule has 0 aliphatic carbocycles. The normalized spacial score (nSPS) is 11.2. The van der Waals surface area contributed by atoms with Gasteiger partial charge in [-0.15, -0.1) is 0 Å². The molecule has 0 aliphatic rings. The minimum absolute atomic E-state index is 0.0144. The van der Waals surface area contributed by atoms with E-state index < -0.39 is 10.0 Å². The molecule has 0 bridgehead atoms. The predicted octanol–water partition coefficient (Wildman–Crippen LogP) is 4.90. The summed E-state index contributed by atoms with van der Waals surface area (Å²) in [5.74, 6) is 0.736. The van der Waals surface area contributed by atoms with Crippen LogP contribution in [0.25, 0.3) is 0 Å². The highest BCUT2D eigenvalue weighted by Crippen LogP contribution is 2.34. The van der Waals surface area contributed by atoms with E-state index in [0.29, 0.717) is 29.0 Å². The van der Waals surface area contributed by atoms with Gasteiger partial charge in [0.25, 0.3) is 10.0 Å². The Hall–Kier alpha value is -1.63. The molecule has 1 N–H and O–H groups in total. The van der Waals surface area contributed by atoms with Crippen molar-refractivity contribution in [1.82, 2.24) is 0 Å². The highest BCUT2D eigenvalue weighted by molar-refractivity contribution is 7.92. The van der Waals surface area contributed by atoms with E-state index in [1.165, 1.54) is 24.3 Å². The summed E-state index contributed by atoms with van der Waals surface area (Å²) in [5, 5.41) is 0.656. The lowest BCUT2D eigenvalue weighted by Crippen LogP contribution is -2.15. The maximum absolute atomic E-state index is 12.9. The number of ether oxygens (including phenoxy) is 2. The Labute approximate surface area is 157 Å². The largest absolute Gasteiger partial charge is 0.494 e. The van der Waals surface area contributed by atoms with Gasteiger partial charge in [-0.05, 0) is 50.6 Å². The number of benzene rings is 2. The SMILES string of the molecule is CCOc1cc(S(=O)(=O)Nc2cc(Cl)cc(Cl)c2)c(OCC)cc1C. The van der Waals surface area contributed by atoms with Crippen LogP contribution < -0.4 is 14.2 Å². The number of aryl methyl sites for hydroxylation is 1. The van der Waals surface area contributed by atoms with Crippen LogP contribution in [0.5, 0.6) is 11.5 Å². The third-order valence-electron chi connectivity index (χ3n) is 3.25. The van der Waals surface area contributed by atoms with Gasteiger partial charge in [-0.3, -0.25) is 4.72 Å². The van der Waals surface area contributed by atoms with Gasteiger partial charge >= 0.3 is 0 Å². The molecule has 0 aliphatic heterocycles. The lowest BCUT2D eigenvalue weighted by atomic mass is 10.2. The van der Waals surface area contributed by atoms with E-state index in [1.807, 2.05) is 13.8 Å². The van der Waals surface area contributed by atoms with E-state index >= 15 is 0 Å². The number of sulfonamides is 1. The third kappa shape index (κ3) is 4.93. The fourth-order valence-electron chi connectivity index (χ4n) is 2.26. The van der Waals surface area contributed by atoms with E-state index in [2.05, 4.69) is 4.72 Å². The highest BCUT2D eigenvalue weighted by atomic mass is 35.5. The van der Waals surface area contributed by atoms with Gasteiger partial charge in [-0.1, -0.05) is 23.2 Å². The molecule has 0 saturated heterocycles. The van der Waals surface area contributed by atoms with Crippen LogP contribution in [0.3, 0.4) is 0 Å². The molecule has 25 heavy (non-hydrogen) atoms. The second-order valence-corrected chi connectivity index (χ2v) is 7.72. The summed E-state index contributed by atoms with van der Waals surface area (Å²) in [6.07, 6.45) is 0. The van der Waals surface area contributed by atoms with Crippen molar-refractivity contribution in [2.24, 2.45) is 0 Å². The average Bonchev–Trinajstić information content (AvgIpc) is 2.48. The first-order chi connectivity index (χ1) is 11.8. The van der Waals surface area contributed by atoms with Gasteiger partial charge in [0.1, 0.15) is 16.4 Å². The van der Waals surface area contributed by atoms with Crippen LogP contribution in [-0.4, -0.2) is 21.6 Å². The van der Waals surface area contributed by atoms with E-state index in [0.717, 1.165) is 5.56 Å². The minimum atomic E-state index is -3.93. The zero-order chi connectivity index (χ0) is 18.6.